The highest BCUT2D eigenvalue weighted by molar-refractivity contribution is 5.81. The van der Waals surface area contributed by atoms with Crippen LogP contribution in [0.15, 0.2) is 24.3 Å². The molecule has 0 fully saturated rings. The van der Waals surface area contributed by atoms with E-state index in [1.165, 1.54) is 0 Å². The van der Waals surface area contributed by atoms with Crippen molar-refractivity contribution in [2.24, 2.45) is 0 Å². The highest BCUT2D eigenvalue weighted by Crippen LogP contribution is 2.19. The fourth-order valence-corrected chi connectivity index (χ4v) is 2.08. The lowest BCUT2D eigenvalue weighted by atomic mass is 10.1. The van der Waals surface area contributed by atoms with E-state index in [1.54, 1.807) is 6.92 Å². The third-order valence-corrected chi connectivity index (χ3v) is 3.54. The van der Waals surface area contributed by atoms with Crippen molar-refractivity contribution in [1.82, 2.24) is 10.6 Å². The minimum atomic E-state index is -0.492. The van der Waals surface area contributed by atoms with Crippen LogP contribution < -0.4 is 15.4 Å². The molecule has 118 valence electrons. The van der Waals surface area contributed by atoms with E-state index in [4.69, 9.17) is 4.74 Å². The van der Waals surface area contributed by atoms with Crippen LogP contribution >= 0.6 is 0 Å². The SMILES string of the molecule is CCNCc1ccccc1OC(C)C(=O)NC(CC)CC. The van der Waals surface area contributed by atoms with Gasteiger partial charge in [0.05, 0.1) is 0 Å². The maximum absolute atomic E-state index is 12.1. The van der Waals surface area contributed by atoms with Crippen LogP contribution in [0.4, 0.5) is 0 Å². The maximum Gasteiger partial charge on any atom is 0.260 e. The second-order valence-electron chi connectivity index (χ2n) is 5.17. The van der Waals surface area contributed by atoms with E-state index < -0.39 is 6.10 Å². The quantitative estimate of drug-likeness (QED) is 0.736. The standard InChI is InChI=1S/C17H28N2O2/c1-5-15(6-2)19-17(20)13(4)21-16-11-9-8-10-14(16)12-18-7-3/h8-11,13,15,18H,5-7,12H2,1-4H3,(H,19,20). The number of ether oxygens (including phenoxy) is 1. The van der Waals surface area contributed by atoms with Gasteiger partial charge in [0.25, 0.3) is 5.91 Å². The fraction of sp³-hybridized carbons (Fsp3) is 0.588. The molecule has 0 saturated heterocycles. The molecule has 1 aromatic carbocycles. The Bertz CT molecular complexity index is 431. The predicted molar refractivity (Wildman–Crippen MR) is 86.4 cm³/mol. The van der Waals surface area contributed by atoms with Crippen molar-refractivity contribution < 1.29 is 9.53 Å². The Hall–Kier alpha value is -1.55. The molecule has 1 atom stereocenters. The largest absolute Gasteiger partial charge is 0.481 e. The molecule has 4 nitrogen and oxygen atoms in total. The molecule has 2 N–H and O–H groups in total. The molecule has 0 aromatic heterocycles. The first-order chi connectivity index (χ1) is 10.1. The Morgan fingerprint density at radius 1 is 1.19 bits per heavy atom. The first kappa shape index (κ1) is 17.5. The van der Waals surface area contributed by atoms with Crippen molar-refractivity contribution in [3.05, 3.63) is 29.8 Å². The van der Waals surface area contributed by atoms with E-state index in [9.17, 15) is 4.79 Å². The summed E-state index contributed by atoms with van der Waals surface area (Å²) in [6, 6.07) is 8.06. The number of hydrogen-bond acceptors (Lipinski definition) is 3. The van der Waals surface area contributed by atoms with Crippen LogP contribution in [0.5, 0.6) is 5.75 Å². The van der Waals surface area contributed by atoms with Crippen LogP contribution in [0, 0.1) is 0 Å². The van der Waals surface area contributed by atoms with Crippen molar-refractivity contribution in [3.63, 3.8) is 0 Å². The predicted octanol–water partition coefficient (Wildman–Crippen LogP) is 2.87. The Morgan fingerprint density at radius 2 is 1.86 bits per heavy atom. The number of para-hydroxylation sites is 1. The zero-order chi connectivity index (χ0) is 15.7. The van der Waals surface area contributed by atoms with Gasteiger partial charge < -0.3 is 15.4 Å². The molecule has 21 heavy (non-hydrogen) atoms. The molecule has 1 rings (SSSR count). The molecular weight excluding hydrogens is 264 g/mol. The van der Waals surface area contributed by atoms with Gasteiger partial charge >= 0.3 is 0 Å². The van der Waals surface area contributed by atoms with Crippen molar-refractivity contribution in [2.45, 2.75) is 59.2 Å². The zero-order valence-corrected chi connectivity index (χ0v) is 13.6. The molecular formula is C17H28N2O2. The topological polar surface area (TPSA) is 50.4 Å². The number of nitrogens with one attached hydrogen (secondary N) is 2. The molecule has 0 aliphatic carbocycles. The van der Waals surface area contributed by atoms with Crippen molar-refractivity contribution in [1.29, 1.82) is 0 Å². The maximum atomic E-state index is 12.1. The summed E-state index contributed by atoms with van der Waals surface area (Å²) in [6.45, 7) is 9.65. The average Bonchev–Trinajstić information content (AvgIpc) is 2.51. The molecule has 0 aliphatic rings. The van der Waals surface area contributed by atoms with Gasteiger partial charge in [-0.2, -0.15) is 0 Å². The highest BCUT2D eigenvalue weighted by atomic mass is 16.5. The van der Waals surface area contributed by atoms with E-state index in [2.05, 4.69) is 31.4 Å². The summed E-state index contributed by atoms with van der Waals surface area (Å²) in [7, 11) is 0. The first-order valence-corrected chi connectivity index (χ1v) is 7.87. The Morgan fingerprint density at radius 3 is 2.48 bits per heavy atom. The molecule has 4 heteroatoms. The number of rotatable bonds is 9. The third kappa shape index (κ3) is 5.76. The molecule has 1 aromatic rings. The monoisotopic (exact) mass is 292 g/mol. The number of hydrogen-bond donors (Lipinski definition) is 2. The summed E-state index contributed by atoms with van der Waals surface area (Å²) >= 11 is 0. The van der Waals surface area contributed by atoms with Gasteiger partial charge in [0.2, 0.25) is 0 Å². The molecule has 0 saturated carbocycles. The minimum absolute atomic E-state index is 0.0537. The van der Waals surface area contributed by atoms with Crippen LogP contribution in [0.2, 0.25) is 0 Å². The molecule has 0 bridgehead atoms. The summed E-state index contributed by atoms with van der Waals surface area (Å²) in [5.74, 6) is 0.715. The molecule has 1 unspecified atom stereocenters. The van der Waals surface area contributed by atoms with Gasteiger partial charge in [-0.25, -0.2) is 0 Å². The summed E-state index contributed by atoms with van der Waals surface area (Å²) in [4.78, 5) is 12.1. The molecule has 0 heterocycles. The average molecular weight is 292 g/mol. The smallest absolute Gasteiger partial charge is 0.260 e. The van der Waals surface area contributed by atoms with Gasteiger partial charge in [-0.15, -0.1) is 0 Å². The second kappa shape index (κ2) is 9.40. The number of amides is 1. The Kier molecular flexibility index (Phi) is 7.83. The van der Waals surface area contributed by atoms with Crippen LogP contribution in [-0.2, 0) is 11.3 Å². The molecule has 0 spiro atoms. The summed E-state index contributed by atoms with van der Waals surface area (Å²) in [6.07, 6.45) is 1.38. The lowest BCUT2D eigenvalue weighted by Crippen LogP contribution is -2.42. The zero-order valence-electron chi connectivity index (χ0n) is 13.6. The van der Waals surface area contributed by atoms with Gasteiger partial charge in [0.15, 0.2) is 6.10 Å². The Labute approximate surface area is 128 Å². The highest BCUT2D eigenvalue weighted by Gasteiger charge is 2.18. The lowest BCUT2D eigenvalue weighted by Gasteiger charge is -2.20. The van der Waals surface area contributed by atoms with Gasteiger partial charge in [-0.05, 0) is 32.4 Å². The fourth-order valence-electron chi connectivity index (χ4n) is 2.08. The first-order valence-electron chi connectivity index (χ1n) is 7.87. The van der Waals surface area contributed by atoms with E-state index in [-0.39, 0.29) is 11.9 Å². The number of benzene rings is 1. The van der Waals surface area contributed by atoms with E-state index in [0.29, 0.717) is 0 Å². The minimum Gasteiger partial charge on any atom is -0.481 e. The van der Waals surface area contributed by atoms with Gasteiger partial charge in [0.1, 0.15) is 5.75 Å². The van der Waals surface area contributed by atoms with Crippen LogP contribution in [0.1, 0.15) is 46.1 Å². The molecule has 0 aliphatic heterocycles. The molecule has 0 radical (unpaired) electrons. The van der Waals surface area contributed by atoms with Gasteiger partial charge in [-0.1, -0.05) is 39.0 Å². The second-order valence-corrected chi connectivity index (χ2v) is 5.17. The van der Waals surface area contributed by atoms with E-state index in [0.717, 1.165) is 37.2 Å². The van der Waals surface area contributed by atoms with E-state index >= 15 is 0 Å². The van der Waals surface area contributed by atoms with Crippen LogP contribution in [0.3, 0.4) is 0 Å². The summed E-state index contributed by atoms with van der Waals surface area (Å²) in [5, 5.41) is 6.30. The molecule has 1 amide bonds. The number of carbonyl (C=O) groups is 1. The van der Waals surface area contributed by atoms with Crippen molar-refractivity contribution in [3.8, 4) is 5.75 Å². The normalized spacial score (nSPS) is 12.2. The summed E-state index contributed by atoms with van der Waals surface area (Å²) < 4.78 is 5.84. The summed E-state index contributed by atoms with van der Waals surface area (Å²) in [5.41, 5.74) is 1.07. The van der Waals surface area contributed by atoms with E-state index in [1.807, 2.05) is 24.3 Å². The van der Waals surface area contributed by atoms with Gasteiger partial charge in [-0.3, -0.25) is 4.79 Å². The third-order valence-electron chi connectivity index (χ3n) is 3.54. The lowest BCUT2D eigenvalue weighted by molar-refractivity contribution is -0.128. The van der Waals surface area contributed by atoms with Gasteiger partial charge in [0, 0.05) is 18.2 Å². The van der Waals surface area contributed by atoms with Crippen LogP contribution in [-0.4, -0.2) is 24.6 Å². The van der Waals surface area contributed by atoms with Crippen LogP contribution in [0.25, 0.3) is 0 Å². The van der Waals surface area contributed by atoms with Crippen molar-refractivity contribution >= 4 is 5.91 Å². The Balaban J connectivity index is 2.65. The van der Waals surface area contributed by atoms with Crippen molar-refractivity contribution in [2.75, 3.05) is 6.54 Å². The number of carbonyl (C=O) groups excluding carboxylic acids is 1.